The van der Waals surface area contributed by atoms with Gasteiger partial charge in [-0.15, -0.1) is 0 Å². The first-order valence-corrected chi connectivity index (χ1v) is 6.94. The molecule has 0 aliphatic heterocycles. The Kier molecular flexibility index (Phi) is 5.44. The van der Waals surface area contributed by atoms with Crippen LogP contribution in [0.4, 0.5) is 0 Å². The molecule has 1 atom stereocenters. The molecule has 0 saturated carbocycles. The minimum atomic E-state index is -0.0807. The molecule has 0 aromatic heterocycles. The van der Waals surface area contributed by atoms with Gasteiger partial charge < -0.3 is 0 Å². The fourth-order valence-electron chi connectivity index (χ4n) is 1.23. The summed E-state index contributed by atoms with van der Waals surface area (Å²) in [6, 6.07) is 10.3. The Morgan fingerprint density at radius 3 is 2.67 bits per heavy atom. The number of esters is 1. The van der Waals surface area contributed by atoms with Gasteiger partial charge in [0.1, 0.15) is 0 Å². The van der Waals surface area contributed by atoms with Gasteiger partial charge in [-0.05, 0) is 0 Å². The average molecular weight is 271 g/mol. The van der Waals surface area contributed by atoms with Crippen LogP contribution in [0.15, 0.2) is 30.3 Å². The van der Waals surface area contributed by atoms with Crippen molar-refractivity contribution in [2.45, 2.75) is 25.1 Å². The van der Waals surface area contributed by atoms with Crippen LogP contribution >= 0.6 is 0 Å². The van der Waals surface area contributed by atoms with Crippen LogP contribution in [0.2, 0.25) is 4.82 Å². The van der Waals surface area contributed by atoms with Crippen LogP contribution in [0.3, 0.4) is 0 Å². The number of benzene rings is 1. The van der Waals surface area contributed by atoms with Gasteiger partial charge in [0.15, 0.2) is 0 Å². The van der Waals surface area contributed by atoms with Crippen molar-refractivity contribution in [3.05, 3.63) is 30.3 Å². The number of hydrogen-bond acceptors (Lipinski definition) is 2. The van der Waals surface area contributed by atoms with Gasteiger partial charge >= 0.3 is 96.9 Å². The maximum atomic E-state index is 11.2. The third-order valence-electron chi connectivity index (χ3n) is 1.84. The summed E-state index contributed by atoms with van der Waals surface area (Å²) in [6.45, 7) is 4.42. The second-order valence-electron chi connectivity index (χ2n) is 3.25. The quantitative estimate of drug-likeness (QED) is 0.602. The van der Waals surface area contributed by atoms with E-state index >= 15 is 0 Å². The summed E-state index contributed by atoms with van der Waals surface area (Å²) in [5, 5.41) is 0. The zero-order valence-electron chi connectivity index (χ0n) is 9.10. The number of hydrogen-bond donors (Lipinski definition) is 0. The molecule has 15 heavy (non-hydrogen) atoms. The molecule has 1 rings (SSSR count). The summed E-state index contributed by atoms with van der Waals surface area (Å²) in [5.74, 6) is -0.0807. The second kappa shape index (κ2) is 6.65. The molecule has 0 N–H and O–H groups in total. The van der Waals surface area contributed by atoms with Gasteiger partial charge in [-0.25, -0.2) is 0 Å². The van der Waals surface area contributed by atoms with E-state index in [0.717, 1.165) is 0 Å². The number of carbonyl (C=O) groups is 1. The summed E-state index contributed by atoms with van der Waals surface area (Å²) < 4.78 is 6.26. The normalized spacial score (nSPS) is 12.1. The molecule has 0 heterocycles. The SMILES string of the molecule is CCOC(=O)CC(C)[Se]c1ccccc1. The van der Waals surface area contributed by atoms with Gasteiger partial charge in [-0.2, -0.15) is 0 Å². The fraction of sp³-hybridized carbons (Fsp3) is 0.417. The van der Waals surface area contributed by atoms with Crippen LogP contribution in [0.1, 0.15) is 20.3 Å². The Labute approximate surface area is 97.2 Å². The Bertz CT molecular complexity index is 298. The summed E-state index contributed by atoms with van der Waals surface area (Å²) in [4.78, 5) is 11.6. The van der Waals surface area contributed by atoms with Gasteiger partial charge in [-0.3, -0.25) is 0 Å². The van der Waals surface area contributed by atoms with Crippen molar-refractivity contribution >= 4 is 25.4 Å². The number of carbonyl (C=O) groups excluding carboxylic acids is 1. The number of rotatable bonds is 5. The monoisotopic (exact) mass is 272 g/mol. The Balaban J connectivity index is 2.36. The maximum absolute atomic E-state index is 11.2. The van der Waals surface area contributed by atoms with Gasteiger partial charge in [0, 0.05) is 0 Å². The van der Waals surface area contributed by atoms with Crippen LogP contribution in [-0.4, -0.2) is 27.5 Å². The second-order valence-corrected chi connectivity index (χ2v) is 6.42. The molecule has 1 aromatic carbocycles. The predicted octanol–water partition coefficient (Wildman–Crippen LogP) is 1.78. The molecule has 2 nitrogen and oxygen atoms in total. The molecule has 0 radical (unpaired) electrons. The molecule has 0 aliphatic rings. The third-order valence-corrected chi connectivity index (χ3v) is 4.18. The van der Waals surface area contributed by atoms with E-state index in [1.165, 1.54) is 4.46 Å². The van der Waals surface area contributed by atoms with Crippen molar-refractivity contribution in [2.75, 3.05) is 6.61 Å². The van der Waals surface area contributed by atoms with E-state index in [0.29, 0.717) is 32.8 Å². The Morgan fingerprint density at radius 2 is 2.07 bits per heavy atom. The zero-order valence-corrected chi connectivity index (χ0v) is 10.8. The first-order chi connectivity index (χ1) is 7.22. The summed E-state index contributed by atoms with van der Waals surface area (Å²) in [5.41, 5.74) is 0. The van der Waals surface area contributed by atoms with Crippen LogP contribution in [0.25, 0.3) is 0 Å². The van der Waals surface area contributed by atoms with Crippen molar-refractivity contribution in [2.24, 2.45) is 0 Å². The van der Waals surface area contributed by atoms with E-state index in [1.54, 1.807) is 0 Å². The van der Waals surface area contributed by atoms with E-state index in [-0.39, 0.29) is 5.97 Å². The molecule has 1 aromatic rings. The zero-order chi connectivity index (χ0) is 11.1. The summed E-state index contributed by atoms with van der Waals surface area (Å²) in [6.07, 6.45) is 0.530. The molecule has 0 bridgehead atoms. The summed E-state index contributed by atoms with van der Waals surface area (Å²) in [7, 11) is 0. The Morgan fingerprint density at radius 1 is 1.40 bits per heavy atom. The average Bonchev–Trinajstić information content (AvgIpc) is 2.19. The van der Waals surface area contributed by atoms with Gasteiger partial charge in [-0.1, -0.05) is 0 Å². The topological polar surface area (TPSA) is 26.3 Å². The van der Waals surface area contributed by atoms with Gasteiger partial charge in [0.25, 0.3) is 0 Å². The molecular weight excluding hydrogens is 255 g/mol. The van der Waals surface area contributed by atoms with Crippen molar-refractivity contribution in [1.29, 1.82) is 0 Å². The molecule has 0 aliphatic carbocycles. The van der Waals surface area contributed by atoms with E-state index in [2.05, 4.69) is 19.1 Å². The van der Waals surface area contributed by atoms with E-state index < -0.39 is 0 Å². The molecule has 3 heteroatoms. The molecule has 0 spiro atoms. The summed E-state index contributed by atoms with van der Waals surface area (Å²) >= 11 is 0.355. The van der Waals surface area contributed by atoms with Crippen molar-refractivity contribution in [3.63, 3.8) is 0 Å². The van der Waals surface area contributed by atoms with Crippen LogP contribution < -0.4 is 4.46 Å². The van der Waals surface area contributed by atoms with Gasteiger partial charge in [0.05, 0.1) is 0 Å². The molecular formula is C12H16O2Se. The molecule has 1 unspecified atom stereocenters. The Hall–Kier alpha value is -0.791. The molecule has 0 fully saturated rings. The van der Waals surface area contributed by atoms with Crippen LogP contribution in [0.5, 0.6) is 0 Å². The van der Waals surface area contributed by atoms with Crippen molar-refractivity contribution in [3.8, 4) is 0 Å². The predicted molar refractivity (Wildman–Crippen MR) is 62.5 cm³/mol. The molecule has 0 amide bonds. The molecule has 82 valence electrons. The minimum absolute atomic E-state index is 0.0807. The van der Waals surface area contributed by atoms with Crippen molar-refractivity contribution < 1.29 is 9.53 Å². The third kappa shape index (κ3) is 5.01. The van der Waals surface area contributed by atoms with Crippen molar-refractivity contribution in [1.82, 2.24) is 0 Å². The van der Waals surface area contributed by atoms with E-state index in [9.17, 15) is 4.79 Å². The van der Waals surface area contributed by atoms with Gasteiger partial charge in [0.2, 0.25) is 0 Å². The number of ether oxygens (including phenoxy) is 1. The standard InChI is InChI=1S/C12H16O2Se/c1-3-14-12(13)9-10(2)15-11-7-5-4-6-8-11/h4-8,10H,3,9H2,1-2H3. The fourth-order valence-corrected chi connectivity index (χ4v) is 3.32. The van der Waals surface area contributed by atoms with Crippen LogP contribution in [0, 0.1) is 0 Å². The van der Waals surface area contributed by atoms with Crippen LogP contribution in [-0.2, 0) is 9.53 Å². The first kappa shape index (κ1) is 12.3. The van der Waals surface area contributed by atoms with E-state index in [1.807, 2.05) is 25.1 Å². The first-order valence-electron chi connectivity index (χ1n) is 5.09. The van der Waals surface area contributed by atoms with E-state index in [4.69, 9.17) is 4.74 Å². The molecule has 0 saturated heterocycles.